The maximum Gasteiger partial charge on any atom is 0.331 e. The first-order chi connectivity index (χ1) is 15.4. The van der Waals surface area contributed by atoms with Gasteiger partial charge in [0.1, 0.15) is 5.82 Å². The first-order valence-corrected chi connectivity index (χ1v) is 10.5. The van der Waals surface area contributed by atoms with Crippen LogP contribution in [0, 0.1) is 5.82 Å². The smallest absolute Gasteiger partial charge is 0.331 e. The van der Waals surface area contributed by atoms with Crippen molar-refractivity contribution in [2.45, 2.75) is 38.9 Å². The van der Waals surface area contributed by atoms with Crippen molar-refractivity contribution in [3.05, 3.63) is 87.3 Å². The lowest BCUT2D eigenvalue weighted by molar-refractivity contribution is -0.137. The number of para-hydroxylation sites is 1. The summed E-state index contributed by atoms with van der Waals surface area (Å²) in [6, 6.07) is 14.4. The Morgan fingerprint density at radius 2 is 1.78 bits per heavy atom. The quantitative estimate of drug-likeness (QED) is 0.428. The molecule has 0 fully saturated rings. The van der Waals surface area contributed by atoms with Crippen molar-refractivity contribution in [2.75, 3.05) is 0 Å². The van der Waals surface area contributed by atoms with E-state index in [1.165, 1.54) is 16.7 Å². The van der Waals surface area contributed by atoms with Gasteiger partial charge in [0, 0.05) is 42.5 Å². The minimum absolute atomic E-state index is 0.0695. The second-order valence-corrected chi connectivity index (χ2v) is 8.12. The SMILES string of the molecule is O=C(O)CCCn1c(O)c2n(c1=O)Cc1c(c3ccccc3n1Cc1ccc(F)cc1)C2. The van der Waals surface area contributed by atoms with Crippen LogP contribution in [0.2, 0.25) is 0 Å². The van der Waals surface area contributed by atoms with Gasteiger partial charge in [0.25, 0.3) is 0 Å². The molecule has 0 saturated carbocycles. The Morgan fingerprint density at radius 1 is 1.03 bits per heavy atom. The summed E-state index contributed by atoms with van der Waals surface area (Å²) in [6.07, 6.45) is 0.595. The van der Waals surface area contributed by atoms with Crippen LogP contribution in [0.3, 0.4) is 0 Å². The van der Waals surface area contributed by atoms with Crippen molar-refractivity contribution < 1.29 is 19.4 Å². The number of fused-ring (bicyclic) bond motifs is 4. The zero-order valence-corrected chi connectivity index (χ0v) is 17.3. The molecule has 8 heteroatoms. The first kappa shape index (κ1) is 20.1. The Balaban J connectivity index is 1.57. The average molecular weight is 435 g/mol. The highest BCUT2D eigenvalue weighted by Gasteiger charge is 2.29. The Labute approximate surface area is 182 Å². The van der Waals surface area contributed by atoms with E-state index in [0.29, 0.717) is 25.2 Å². The number of aliphatic carboxylic acids is 1. The number of benzene rings is 2. The van der Waals surface area contributed by atoms with E-state index in [4.69, 9.17) is 5.11 Å². The molecular formula is C24H22FN3O4. The number of hydrogen-bond donors (Lipinski definition) is 2. The second-order valence-electron chi connectivity index (χ2n) is 8.12. The summed E-state index contributed by atoms with van der Waals surface area (Å²) in [5, 5.41) is 20.7. The number of carbonyl (C=O) groups is 1. The number of imidazole rings is 1. The van der Waals surface area contributed by atoms with E-state index < -0.39 is 5.97 Å². The van der Waals surface area contributed by atoms with Crippen LogP contribution in [0.5, 0.6) is 5.88 Å². The fourth-order valence-corrected chi connectivity index (χ4v) is 4.63. The van der Waals surface area contributed by atoms with Crippen molar-refractivity contribution in [1.29, 1.82) is 0 Å². The average Bonchev–Trinajstić information content (AvgIpc) is 3.21. The second kappa shape index (κ2) is 7.71. The van der Waals surface area contributed by atoms with Crippen molar-refractivity contribution in [3.8, 4) is 5.88 Å². The third kappa shape index (κ3) is 3.28. The molecule has 5 rings (SSSR count). The predicted molar refractivity (Wildman–Crippen MR) is 117 cm³/mol. The lowest BCUT2D eigenvalue weighted by atomic mass is 10.0. The van der Waals surface area contributed by atoms with Gasteiger partial charge in [0.05, 0.1) is 12.2 Å². The summed E-state index contributed by atoms with van der Waals surface area (Å²) >= 11 is 0. The minimum Gasteiger partial charge on any atom is -0.493 e. The van der Waals surface area contributed by atoms with Gasteiger partial charge in [-0.15, -0.1) is 0 Å². The standard InChI is InChI=1S/C24H22FN3O4/c25-16-9-7-15(8-10-16)13-27-19-5-2-1-4-17(19)18-12-20-23(31)26(11-3-6-22(29)30)24(32)28(20)14-21(18)27/h1-2,4-5,7-10,31H,3,6,11-14H2,(H,29,30). The van der Waals surface area contributed by atoms with Crippen LogP contribution in [-0.2, 0) is 30.8 Å². The zero-order chi connectivity index (χ0) is 22.4. The third-order valence-electron chi connectivity index (χ3n) is 6.17. The van der Waals surface area contributed by atoms with Gasteiger partial charge in [-0.2, -0.15) is 0 Å². The summed E-state index contributed by atoms with van der Waals surface area (Å²) in [5.74, 6) is -1.32. The van der Waals surface area contributed by atoms with Crippen LogP contribution in [0.4, 0.5) is 4.39 Å². The Kier molecular flexibility index (Phi) is 4.84. The topological polar surface area (TPSA) is 89.4 Å². The summed E-state index contributed by atoms with van der Waals surface area (Å²) in [6.45, 7) is 0.988. The molecule has 0 radical (unpaired) electrons. The first-order valence-electron chi connectivity index (χ1n) is 10.5. The number of halogens is 1. The zero-order valence-electron chi connectivity index (χ0n) is 17.3. The molecule has 164 valence electrons. The molecule has 2 aromatic heterocycles. The fourth-order valence-electron chi connectivity index (χ4n) is 4.63. The molecular weight excluding hydrogens is 413 g/mol. The Morgan fingerprint density at radius 3 is 2.53 bits per heavy atom. The Hall–Kier alpha value is -3.81. The van der Waals surface area contributed by atoms with Gasteiger partial charge in [-0.25, -0.2) is 9.18 Å². The van der Waals surface area contributed by atoms with Crippen LogP contribution in [0.15, 0.2) is 53.3 Å². The molecule has 3 heterocycles. The molecule has 0 bridgehead atoms. The van der Waals surface area contributed by atoms with Crippen LogP contribution < -0.4 is 5.69 Å². The van der Waals surface area contributed by atoms with E-state index in [0.717, 1.165) is 27.7 Å². The van der Waals surface area contributed by atoms with E-state index >= 15 is 0 Å². The molecule has 1 aliphatic heterocycles. The van der Waals surface area contributed by atoms with Gasteiger partial charge >= 0.3 is 11.7 Å². The third-order valence-corrected chi connectivity index (χ3v) is 6.17. The monoisotopic (exact) mass is 435 g/mol. The summed E-state index contributed by atoms with van der Waals surface area (Å²) in [4.78, 5) is 23.8. The van der Waals surface area contributed by atoms with E-state index in [1.807, 2.05) is 24.3 Å². The number of rotatable bonds is 6. The van der Waals surface area contributed by atoms with Crippen LogP contribution in [-0.4, -0.2) is 29.9 Å². The van der Waals surface area contributed by atoms with Gasteiger partial charge in [-0.05, 0) is 35.7 Å². The number of nitrogens with zero attached hydrogens (tertiary/aromatic N) is 3. The van der Waals surface area contributed by atoms with Crippen molar-refractivity contribution in [3.63, 3.8) is 0 Å². The molecule has 7 nitrogen and oxygen atoms in total. The number of aromatic nitrogens is 3. The maximum absolute atomic E-state index is 13.4. The molecule has 0 unspecified atom stereocenters. The number of aromatic hydroxyl groups is 1. The maximum atomic E-state index is 13.4. The van der Waals surface area contributed by atoms with Crippen LogP contribution in [0.25, 0.3) is 10.9 Å². The lowest BCUT2D eigenvalue weighted by Gasteiger charge is -2.18. The fraction of sp³-hybridized carbons (Fsp3) is 0.250. The highest BCUT2D eigenvalue weighted by Crippen LogP contribution is 2.35. The van der Waals surface area contributed by atoms with E-state index in [-0.39, 0.29) is 36.8 Å². The van der Waals surface area contributed by atoms with E-state index in [2.05, 4.69) is 4.57 Å². The number of carboxylic acid groups (broad SMARTS) is 1. The lowest BCUT2D eigenvalue weighted by Crippen LogP contribution is -2.29. The molecule has 2 aromatic carbocycles. The summed E-state index contributed by atoms with van der Waals surface area (Å²) in [5.41, 5.74) is 4.21. The van der Waals surface area contributed by atoms with Crippen molar-refractivity contribution in [1.82, 2.24) is 13.7 Å². The molecule has 4 aromatic rings. The van der Waals surface area contributed by atoms with Gasteiger partial charge in [0.15, 0.2) is 0 Å². The van der Waals surface area contributed by atoms with Gasteiger partial charge < -0.3 is 14.8 Å². The molecule has 0 spiro atoms. The van der Waals surface area contributed by atoms with Gasteiger partial charge in [-0.3, -0.25) is 13.9 Å². The highest BCUT2D eigenvalue weighted by molar-refractivity contribution is 5.86. The molecule has 0 atom stereocenters. The van der Waals surface area contributed by atoms with Crippen LogP contribution >= 0.6 is 0 Å². The number of hydrogen-bond acceptors (Lipinski definition) is 3. The van der Waals surface area contributed by atoms with E-state index in [9.17, 15) is 19.1 Å². The van der Waals surface area contributed by atoms with Crippen molar-refractivity contribution >= 4 is 16.9 Å². The van der Waals surface area contributed by atoms with Gasteiger partial charge in [0.2, 0.25) is 5.88 Å². The molecule has 32 heavy (non-hydrogen) atoms. The van der Waals surface area contributed by atoms with E-state index in [1.54, 1.807) is 16.7 Å². The Bertz CT molecular complexity index is 1400. The predicted octanol–water partition coefficient (Wildman–Crippen LogP) is 3.31. The summed E-state index contributed by atoms with van der Waals surface area (Å²) in [7, 11) is 0. The van der Waals surface area contributed by atoms with Crippen LogP contribution in [0.1, 0.15) is 35.4 Å². The molecule has 1 aliphatic rings. The molecule has 0 saturated heterocycles. The van der Waals surface area contributed by atoms with Gasteiger partial charge in [-0.1, -0.05) is 30.3 Å². The van der Waals surface area contributed by atoms with Crippen molar-refractivity contribution in [2.24, 2.45) is 0 Å². The summed E-state index contributed by atoms with van der Waals surface area (Å²) < 4.78 is 18.3. The molecule has 0 amide bonds. The minimum atomic E-state index is -0.935. The molecule has 2 N–H and O–H groups in total. The highest BCUT2D eigenvalue weighted by atomic mass is 19.1. The normalized spacial score (nSPS) is 12.7. The number of carboxylic acids is 1. The molecule has 0 aliphatic carbocycles. The largest absolute Gasteiger partial charge is 0.493 e.